The van der Waals surface area contributed by atoms with Crippen LogP contribution >= 0.6 is 11.6 Å². The summed E-state index contributed by atoms with van der Waals surface area (Å²) in [6.07, 6.45) is 0. The molecule has 96 valence electrons. The first kappa shape index (κ1) is 14.5. The molecule has 0 fully saturated rings. The van der Waals surface area contributed by atoms with Gasteiger partial charge in [0.25, 0.3) is 0 Å². The first-order valence-corrected chi connectivity index (χ1v) is 7.54. The van der Waals surface area contributed by atoms with Crippen LogP contribution < -0.4 is 0 Å². The minimum Gasteiger partial charge on any atom is -0.207 e. The summed E-state index contributed by atoms with van der Waals surface area (Å²) >= 11 is 5.63. The molecule has 1 aromatic carbocycles. The van der Waals surface area contributed by atoms with Crippen molar-refractivity contribution >= 4 is 21.6 Å². The van der Waals surface area contributed by atoms with Crippen LogP contribution in [-0.2, 0) is 10.0 Å². The molecule has 0 bridgehead atoms. The van der Waals surface area contributed by atoms with Gasteiger partial charge in [0, 0.05) is 19.0 Å². The van der Waals surface area contributed by atoms with Gasteiger partial charge in [-0.2, -0.15) is 4.31 Å². The number of hydrogen-bond donors (Lipinski definition) is 0. The minimum atomic E-state index is -3.41. The highest BCUT2D eigenvalue weighted by Crippen LogP contribution is 2.20. The molecule has 0 unspecified atom stereocenters. The molecule has 0 atom stereocenters. The van der Waals surface area contributed by atoms with Crippen LogP contribution in [0.5, 0.6) is 0 Å². The number of rotatable bonds is 5. The smallest absolute Gasteiger partial charge is 0.207 e. The number of aryl methyl sites for hydroxylation is 2. The molecule has 0 N–H and O–H groups in total. The number of nitrogens with zero attached hydrogens (tertiary/aromatic N) is 1. The van der Waals surface area contributed by atoms with Gasteiger partial charge < -0.3 is 0 Å². The van der Waals surface area contributed by atoms with E-state index in [1.807, 2.05) is 32.9 Å². The molecular weight excluding hydrogens is 258 g/mol. The molecule has 5 heteroatoms. The normalized spacial score (nSPS) is 12.1. The van der Waals surface area contributed by atoms with Gasteiger partial charge in [0.15, 0.2) is 0 Å². The van der Waals surface area contributed by atoms with Gasteiger partial charge in [0.1, 0.15) is 0 Å². The first-order valence-electron chi connectivity index (χ1n) is 5.56. The van der Waals surface area contributed by atoms with Crippen LogP contribution in [0.1, 0.15) is 18.1 Å². The van der Waals surface area contributed by atoms with Crippen molar-refractivity contribution in [1.29, 1.82) is 0 Å². The van der Waals surface area contributed by atoms with E-state index in [1.165, 1.54) is 4.31 Å². The summed E-state index contributed by atoms with van der Waals surface area (Å²) in [6.45, 7) is 6.35. The fraction of sp³-hybridized carbons (Fsp3) is 0.500. The number of sulfonamides is 1. The van der Waals surface area contributed by atoms with Crippen LogP contribution in [0.2, 0.25) is 0 Å². The van der Waals surface area contributed by atoms with Crippen molar-refractivity contribution in [3.8, 4) is 0 Å². The molecule has 0 amide bonds. The highest BCUT2D eigenvalue weighted by atomic mass is 35.5. The lowest BCUT2D eigenvalue weighted by atomic mass is 10.2. The summed E-state index contributed by atoms with van der Waals surface area (Å²) < 4.78 is 26.1. The Morgan fingerprint density at radius 3 is 2.41 bits per heavy atom. The van der Waals surface area contributed by atoms with Crippen molar-refractivity contribution in [2.24, 2.45) is 0 Å². The van der Waals surface area contributed by atoms with Crippen LogP contribution in [0.25, 0.3) is 0 Å². The Morgan fingerprint density at radius 2 is 1.94 bits per heavy atom. The largest absolute Gasteiger partial charge is 0.243 e. The molecular formula is C12H18ClNO2S. The van der Waals surface area contributed by atoms with Crippen molar-refractivity contribution in [3.63, 3.8) is 0 Å². The van der Waals surface area contributed by atoms with E-state index < -0.39 is 10.0 Å². The lowest BCUT2D eigenvalue weighted by Crippen LogP contribution is -2.33. The second-order valence-electron chi connectivity index (χ2n) is 3.95. The predicted octanol–water partition coefficient (Wildman–Crippen LogP) is 2.55. The van der Waals surface area contributed by atoms with Gasteiger partial charge in [-0.1, -0.05) is 24.6 Å². The second kappa shape index (κ2) is 5.85. The zero-order valence-electron chi connectivity index (χ0n) is 10.4. The molecule has 1 aromatic rings. The van der Waals surface area contributed by atoms with E-state index in [2.05, 4.69) is 0 Å². The Bertz CT molecular complexity index is 485. The molecule has 1 rings (SSSR count). The number of hydrogen-bond acceptors (Lipinski definition) is 2. The fourth-order valence-corrected chi connectivity index (χ4v) is 3.73. The standard InChI is InChI=1S/C12H18ClNO2S/c1-4-14(8-7-13)17(15,16)12-6-5-10(2)9-11(12)3/h5-6,9H,4,7-8H2,1-3H3. The lowest BCUT2D eigenvalue weighted by molar-refractivity contribution is 0.446. The molecule has 0 saturated carbocycles. The maximum Gasteiger partial charge on any atom is 0.243 e. The summed E-state index contributed by atoms with van der Waals surface area (Å²) in [4.78, 5) is 0.370. The van der Waals surface area contributed by atoms with E-state index in [0.29, 0.717) is 23.9 Å². The Labute approximate surface area is 108 Å². The van der Waals surface area contributed by atoms with Gasteiger partial charge in [-0.25, -0.2) is 8.42 Å². The summed E-state index contributed by atoms with van der Waals surface area (Å²) in [5, 5.41) is 0. The summed E-state index contributed by atoms with van der Waals surface area (Å²) in [5.74, 6) is 0.304. The molecule has 17 heavy (non-hydrogen) atoms. The zero-order chi connectivity index (χ0) is 13.1. The van der Waals surface area contributed by atoms with Crippen LogP contribution in [0.15, 0.2) is 23.1 Å². The molecule has 3 nitrogen and oxygen atoms in total. The SMILES string of the molecule is CCN(CCCl)S(=O)(=O)c1ccc(C)cc1C. The van der Waals surface area contributed by atoms with E-state index in [4.69, 9.17) is 11.6 Å². The van der Waals surface area contributed by atoms with Gasteiger partial charge in [-0.3, -0.25) is 0 Å². The quantitative estimate of drug-likeness (QED) is 0.775. The number of alkyl halides is 1. The minimum absolute atomic E-state index is 0.304. The Balaban J connectivity index is 3.20. The van der Waals surface area contributed by atoms with Crippen molar-refractivity contribution < 1.29 is 8.42 Å². The van der Waals surface area contributed by atoms with E-state index in [1.54, 1.807) is 6.07 Å². The molecule has 0 aliphatic carbocycles. The average Bonchev–Trinajstić information content (AvgIpc) is 2.24. The third-order valence-electron chi connectivity index (χ3n) is 2.63. The Morgan fingerprint density at radius 1 is 1.29 bits per heavy atom. The van der Waals surface area contributed by atoms with Gasteiger partial charge in [-0.05, 0) is 25.5 Å². The highest BCUT2D eigenvalue weighted by Gasteiger charge is 2.23. The van der Waals surface area contributed by atoms with Crippen molar-refractivity contribution in [1.82, 2.24) is 4.31 Å². The van der Waals surface area contributed by atoms with Gasteiger partial charge >= 0.3 is 0 Å². The van der Waals surface area contributed by atoms with Crippen LogP contribution in [0.4, 0.5) is 0 Å². The van der Waals surface area contributed by atoms with E-state index in [0.717, 1.165) is 11.1 Å². The summed E-state index contributed by atoms with van der Waals surface area (Å²) in [7, 11) is -3.41. The number of benzene rings is 1. The van der Waals surface area contributed by atoms with Crippen molar-refractivity contribution in [3.05, 3.63) is 29.3 Å². The summed E-state index contributed by atoms with van der Waals surface area (Å²) in [5.41, 5.74) is 1.83. The third kappa shape index (κ3) is 3.21. The maximum absolute atomic E-state index is 12.4. The molecule has 0 aromatic heterocycles. The predicted molar refractivity (Wildman–Crippen MR) is 71.1 cm³/mol. The van der Waals surface area contributed by atoms with Gasteiger partial charge in [-0.15, -0.1) is 11.6 Å². The van der Waals surface area contributed by atoms with Crippen molar-refractivity contribution in [2.45, 2.75) is 25.7 Å². The molecule has 0 saturated heterocycles. The Hall–Kier alpha value is -0.580. The topological polar surface area (TPSA) is 37.4 Å². The highest BCUT2D eigenvalue weighted by molar-refractivity contribution is 7.89. The fourth-order valence-electron chi connectivity index (χ4n) is 1.77. The molecule has 0 radical (unpaired) electrons. The third-order valence-corrected chi connectivity index (χ3v) is 4.94. The monoisotopic (exact) mass is 275 g/mol. The molecule has 0 heterocycles. The average molecular weight is 276 g/mol. The van der Waals surface area contributed by atoms with Crippen LogP contribution in [0, 0.1) is 13.8 Å². The summed E-state index contributed by atoms with van der Waals surface area (Å²) in [6, 6.07) is 5.35. The van der Waals surface area contributed by atoms with E-state index >= 15 is 0 Å². The second-order valence-corrected chi connectivity index (χ2v) is 6.24. The molecule has 0 aliphatic heterocycles. The maximum atomic E-state index is 12.4. The van der Waals surface area contributed by atoms with Gasteiger partial charge in [0.2, 0.25) is 10.0 Å². The van der Waals surface area contributed by atoms with Gasteiger partial charge in [0.05, 0.1) is 4.90 Å². The first-order chi connectivity index (χ1) is 7.93. The van der Waals surface area contributed by atoms with E-state index in [9.17, 15) is 8.42 Å². The van der Waals surface area contributed by atoms with Crippen molar-refractivity contribution in [2.75, 3.05) is 19.0 Å². The zero-order valence-corrected chi connectivity index (χ0v) is 12.0. The molecule has 0 aliphatic rings. The van der Waals surface area contributed by atoms with Crippen LogP contribution in [-0.4, -0.2) is 31.7 Å². The number of halogens is 1. The van der Waals surface area contributed by atoms with Crippen LogP contribution in [0.3, 0.4) is 0 Å². The molecule has 0 spiro atoms. The Kier molecular flexibility index (Phi) is 4.98. The van der Waals surface area contributed by atoms with E-state index in [-0.39, 0.29) is 0 Å². The lowest BCUT2D eigenvalue weighted by Gasteiger charge is -2.20.